The third-order valence-corrected chi connectivity index (χ3v) is 1.62. The zero-order valence-electron chi connectivity index (χ0n) is 8.06. The summed E-state index contributed by atoms with van der Waals surface area (Å²) in [5, 5.41) is 19.3. The Morgan fingerprint density at radius 1 is 1.43 bits per heavy atom. The molecule has 0 fully saturated rings. The predicted molar refractivity (Wildman–Crippen MR) is 50.7 cm³/mol. The first-order chi connectivity index (χ1) is 6.56. The highest BCUT2D eigenvalue weighted by Crippen LogP contribution is 1.97. The van der Waals surface area contributed by atoms with Gasteiger partial charge in [0.05, 0.1) is 0 Å². The summed E-state index contributed by atoms with van der Waals surface area (Å²) in [6.45, 7) is 2.41. The summed E-state index contributed by atoms with van der Waals surface area (Å²) in [4.78, 5) is 21.0. The molecule has 14 heavy (non-hydrogen) atoms. The van der Waals surface area contributed by atoms with Gasteiger partial charge >= 0.3 is 5.97 Å². The maximum absolute atomic E-state index is 10.9. The van der Waals surface area contributed by atoms with Crippen molar-refractivity contribution in [2.24, 2.45) is 5.92 Å². The summed E-state index contributed by atoms with van der Waals surface area (Å²) in [5.74, 6) is -1.40. The molecule has 0 saturated carbocycles. The van der Waals surface area contributed by atoms with E-state index in [0.717, 1.165) is 12.2 Å². The minimum atomic E-state index is -1.15. The summed E-state index contributed by atoms with van der Waals surface area (Å²) in [6, 6.07) is 0. The molecule has 0 heterocycles. The van der Waals surface area contributed by atoms with Crippen LogP contribution in [0.1, 0.15) is 13.3 Å². The highest BCUT2D eigenvalue weighted by molar-refractivity contribution is 5.93. The Balaban J connectivity index is 3.68. The molecule has 5 heteroatoms. The molecule has 0 aliphatic carbocycles. The number of nitrogens with one attached hydrogen (secondary N) is 1. The summed E-state index contributed by atoms with van der Waals surface area (Å²) in [7, 11) is 0. The molecule has 0 aliphatic heterocycles. The molecule has 0 rings (SSSR count). The summed E-state index contributed by atoms with van der Waals surface area (Å²) in [5.41, 5.74) is 0. The van der Waals surface area contributed by atoms with Crippen molar-refractivity contribution in [1.29, 1.82) is 0 Å². The molecule has 5 nitrogen and oxygen atoms in total. The third kappa shape index (κ3) is 7.30. The van der Waals surface area contributed by atoms with Gasteiger partial charge in [-0.05, 0) is 12.3 Å². The summed E-state index contributed by atoms with van der Waals surface area (Å²) in [6.07, 6.45) is 2.36. The van der Waals surface area contributed by atoms with Gasteiger partial charge in [-0.3, -0.25) is 4.79 Å². The van der Waals surface area contributed by atoms with E-state index >= 15 is 0 Å². The van der Waals surface area contributed by atoms with Gasteiger partial charge in [0, 0.05) is 25.3 Å². The maximum Gasteiger partial charge on any atom is 0.328 e. The number of amides is 1. The number of carboxylic acid groups (broad SMARTS) is 1. The topological polar surface area (TPSA) is 86.6 Å². The Bertz CT molecular complexity index is 225. The van der Waals surface area contributed by atoms with Crippen molar-refractivity contribution in [1.82, 2.24) is 5.32 Å². The quantitative estimate of drug-likeness (QED) is 0.518. The van der Waals surface area contributed by atoms with Crippen LogP contribution in [0.15, 0.2) is 12.2 Å². The molecule has 0 radical (unpaired) electrons. The van der Waals surface area contributed by atoms with Gasteiger partial charge in [-0.2, -0.15) is 0 Å². The number of aliphatic hydroxyl groups is 1. The van der Waals surface area contributed by atoms with Crippen LogP contribution in [0, 0.1) is 5.92 Å². The van der Waals surface area contributed by atoms with Crippen LogP contribution >= 0.6 is 0 Å². The molecular formula is C9H15NO4. The van der Waals surface area contributed by atoms with Crippen molar-refractivity contribution in [2.75, 3.05) is 13.2 Å². The second-order valence-corrected chi connectivity index (χ2v) is 3.03. The van der Waals surface area contributed by atoms with Gasteiger partial charge in [0.1, 0.15) is 0 Å². The number of rotatable bonds is 6. The fourth-order valence-electron chi connectivity index (χ4n) is 0.803. The Morgan fingerprint density at radius 2 is 2.07 bits per heavy atom. The van der Waals surface area contributed by atoms with Crippen LogP contribution < -0.4 is 5.32 Å². The number of hydrogen-bond acceptors (Lipinski definition) is 3. The van der Waals surface area contributed by atoms with Gasteiger partial charge in [-0.25, -0.2) is 4.79 Å². The van der Waals surface area contributed by atoms with Crippen molar-refractivity contribution < 1.29 is 19.8 Å². The van der Waals surface area contributed by atoms with Crippen LogP contribution in [0.4, 0.5) is 0 Å². The van der Waals surface area contributed by atoms with E-state index in [2.05, 4.69) is 5.32 Å². The standard InChI is InChI=1S/C9H15NO4/c1-7(4-5-11)6-10-8(12)2-3-9(13)14/h2-3,7,11H,4-6H2,1H3,(H,10,12)(H,13,14). The van der Waals surface area contributed by atoms with Crippen LogP contribution in [-0.4, -0.2) is 35.2 Å². The zero-order chi connectivity index (χ0) is 11.0. The van der Waals surface area contributed by atoms with E-state index < -0.39 is 11.9 Å². The fraction of sp³-hybridized carbons (Fsp3) is 0.556. The van der Waals surface area contributed by atoms with E-state index in [1.807, 2.05) is 6.92 Å². The monoisotopic (exact) mass is 201 g/mol. The molecule has 0 spiro atoms. The normalized spacial score (nSPS) is 12.7. The molecule has 1 amide bonds. The van der Waals surface area contributed by atoms with Crippen LogP contribution in [0.2, 0.25) is 0 Å². The number of carboxylic acids is 1. The van der Waals surface area contributed by atoms with E-state index in [1.54, 1.807) is 0 Å². The van der Waals surface area contributed by atoms with Gasteiger partial charge in [0.25, 0.3) is 0 Å². The zero-order valence-corrected chi connectivity index (χ0v) is 8.06. The minimum absolute atomic E-state index is 0.0853. The molecule has 1 unspecified atom stereocenters. The number of hydrogen-bond donors (Lipinski definition) is 3. The second kappa shape index (κ2) is 7.08. The number of carbonyl (C=O) groups excluding carboxylic acids is 1. The van der Waals surface area contributed by atoms with Crippen LogP contribution in [0.3, 0.4) is 0 Å². The molecule has 0 aromatic rings. The molecule has 0 aromatic carbocycles. The summed E-state index contributed by atoms with van der Waals surface area (Å²) >= 11 is 0. The lowest BCUT2D eigenvalue weighted by Crippen LogP contribution is -2.27. The first-order valence-corrected chi connectivity index (χ1v) is 4.36. The number of carbonyl (C=O) groups is 2. The van der Waals surface area contributed by atoms with Crippen molar-refractivity contribution in [3.63, 3.8) is 0 Å². The maximum atomic E-state index is 10.9. The van der Waals surface area contributed by atoms with Crippen LogP contribution in [0.25, 0.3) is 0 Å². The lowest BCUT2D eigenvalue weighted by Gasteiger charge is -2.09. The van der Waals surface area contributed by atoms with Gasteiger partial charge < -0.3 is 15.5 Å². The first-order valence-electron chi connectivity index (χ1n) is 4.36. The average Bonchev–Trinajstić information content (AvgIpc) is 2.12. The lowest BCUT2D eigenvalue weighted by atomic mass is 10.1. The molecule has 3 N–H and O–H groups in total. The Labute approximate surface area is 82.4 Å². The first kappa shape index (κ1) is 12.6. The highest BCUT2D eigenvalue weighted by Gasteiger charge is 2.02. The smallest absolute Gasteiger partial charge is 0.328 e. The molecular weight excluding hydrogens is 186 g/mol. The second-order valence-electron chi connectivity index (χ2n) is 3.03. The average molecular weight is 201 g/mol. The SMILES string of the molecule is CC(CCO)CNC(=O)C=CC(=O)O. The Kier molecular flexibility index (Phi) is 6.39. The van der Waals surface area contributed by atoms with Gasteiger partial charge in [0.15, 0.2) is 0 Å². The van der Waals surface area contributed by atoms with Crippen molar-refractivity contribution in [3.8, 4) is 0 Å². The van der Waals surface area contributed by atoms with E-state index in [1.165, 1.54) is 0 Å². The van der Waals surface area contributed by atoms with E-state index in [4.69, 9.17) is 10.2 Å². The molecule has 0 aliphatic rings. The lowest BCUT2D eigenvalue weighted by molar-refractivity contribution is -0.131. The Morgan fingerprint density at radius 3 is 2.57 bits per heavy atom. The predicted octanol–water partition coefficient (Wildman–Crippen LogP) is -0.238. The molecule has 1 atom stereocenters. The van der Waals surface area contributed by atoms with E-state index in [9.17, 15) is 9.59 Å². The minimum Gasteiger partial charge on any atom is -0.478 e. The van der Waals surface area contributed by atoms with Gasteiger partial charge in [-0.1, -0.05) is 6.92 Å². The third-order valence-electron chi connectivity index (χ3n) is 1.62. The molecule has 0 saturated heterocycles. The molecule has 0 bridgehead atoms. The highest BCUT2D eigenvalue weighted by atomic mass is 16.4. The van der Waals surface area contributed by atoms with Crippen molar-refractivity contribution in [3.05, 3.63) is 12.2 Å². The van der Waals surface area contributed by atoms with E-state index in [-0.39, 0.29) is 12.5 Å². The largest absolute Gasteiger partial charge is 0.478 e. The van der Waals surface area contributed by atoms with Crippen LogP contribution in [0.5, 0.6) is 0 Å². The van der Waals surface area contributed by atoms with E-state index in [0.29, 0.717) is 13.0 Å². The van der Waals surface area contributed by atoms with Crippen molar-refractivity contribution >= 4 is 11.9 Å². The fourth-order valence-corrected chi connectivity index (χ4v) is 0.803. The number of aliphatic carboxylic acids is 1. The molecule has 80 valence electrons. The van der Waals surface area contributed by atoms with Gasteiger partial charge in [-0.15, -0.1) is 0 Å². The molecule has 0 aromatic heterocycles. The summed E-state index contributed by atoms with van der Waals surface area (Å²) < 4.78 is 0. The number of aliphatic hydroxyl groups excluding tert-OH is 1. The Hall–Kier alpha value is -1.36. The van der Waals surface area contributed by atoms with Crippen molar-refractivity contribution in [2.45, 2.75) is 13.3 Å². The van der Waals surface area contributed by atoms with Crippen LogP contribution in [-0.2, 0) is 9.59 Å². The van der Waals surface area contributed by atoms with Gasteiger partial charge in [0.2, 0.25) is 5.91 Å².